The van der Waals surface area contributed by atoms with E-state index in [1.54, 1.807) is 12.1 Å². The van der Waals surface area contributed by atoms with Crippen molar-refractivity contribution >= 4 is 17.3 Å². The maximum absolute atomic E-state index is 11.7. The average Bonchev–Trinajstić information content (AvgIpc) is 2.58. The number of thiophene rings is 1. The van der Waals surface area contributed by atoms with Gasteiger partial charge in [0.25, 0.3) is 0 Å². The highest BCUT2D eigenvalue weighted by atomic mass is 32.1. The quantitative estimate of drug-likeness (QED) is 0.612. The SMILES string of the molecule is O=C(O)Cc1ccc(CNOCC(F)(F)F)s1. The minimum Gasteiger partial charge on any atom is -0.481 e. The molecule has 0 aliphatic rings. The molecule has 0 saturated heterocycles. The smallest absolute Gasteiger partial charge is 0.413 e. The fourth-order valence-corrected chi connectivity index (χ4v) is 1.95. The van der Waals surface area contributed by atoms with Crippen molar-refractivity contribution in [2.75, 3.05) is 6.61 Å². The van der Waals surface area contributed by atoms with Crippen molar-refractivity contribution in [2.45, 2.75) is 19.1 Å². The maximum Gasteiger partial charge on any atom is 0.413 e. The molecule has 1 rings (SSSR count). The van der Waals surface area contributed by atoms with Gasteiger partial charge in [0.1, 0.15) is 0 Å². The summed E-state index contributed by atoms with van der Waals surface area (Å²) in [6, 6.07) is 3.27. The molecule has 8 heteroatoms. The molecule has 0 aliphatic carbocycles. The minimum absolute atomic E-state index is 0.0892. The van der Waals surface area contributed by atoms with Crippen LogP contribution >= 0.6 is 11.3 Å². The Morgan fingerprint density at radius 2 is 2.06 bits per heavy atom. The van der Waals surface area contributed by atoms with Gasteiger partial charge in [-0.25, -0.2) is 0 Å². The molecule has 0 saturated carbocycles. The molecule has 0 atom stereocenters. The van der Waals surface area contributed by atoms with Gasteiger partial charge in [-0.05, 0) is 12.1 Å². The van der Waals surface area contributed by atoms with Gasteiger partial charge in [0.05, 0.1) is 13.0 Å². The molecule has 0 fully saturated rings. The Bertz CT molecular complexity index is 378. The molecular weight excluding hydrogens is 259 g/mol. The third kappa shape index (κ3) is 6.25. The van der Waals surface area contributed by atoms with Crippen molar-refractivity contribution in [1.82, 2.24) is 5.48 Å². The number of rotatable bonds is 6. The van der Waals surface area contributed by atoms with Gasteiger partial charge in [-0.3, -0.25) is 9.63 Å². The molecule has 2 N–H and O–H groups in total. The first-order valence-corrected chi connectivity index (χ1v) is 5.39. The Balaban J connectivity index is 2.28. The summed E-state index contributed by atoms with van der Waals surface area (Å²) in [5.74, 6) is -0.945. The number of alkyl halides is 3. The van der Waals surface area contributed by atoms with Crippen LogP contribution in [0.15, 0.2) is 12.1 Å². The van der Waals surface area contributed by atoms with E-state index < -0.39 is 18.8 Å². The predicted molar refractivity (Wildman–Crippen MR) is 54.5 cm³/mol. The standard InChI is InChI=1S/C9H10F3NO3S/c10-9(11,12)5-16-13-4-7-2-1-6(17-7)3-8(14)15/h1-2,13H,3-5H2,(H,14,15). The van der Waals surface area contributed by atoms with Crippen LogP contribution in [0.1, 0.15) is 9.75 Å². The highest BCUT2D eigenvalue weighted by molar-refractivity contribution is 7.12. The largest absolute Gasteiger partial charge is 0.481 e. The highest BCUT2D eigenvalue weighted by Gasteiger charge is 2.27. The second kappa shape index (κ2) is 5.99. The van der Waals surface area contributed by atoms with E-state index in [9.17, 15) is 18.0 Å². The number of nitrogens with one attached hydrogen (secondary N) is 1. The molecule has 0 aromatic carbocycles. The summed E-state index contributed by atoms with van der Waals surface area (Å²) in [5, 5.41) is 8.52. The van der Waals surface area contributed by atoms with Crippen LogP contribution < -0.4 is 5.48 Å². The number of hydrogen-bond donors (Lipinski definition) is 2. The van der Waals surface area contributed by atoms with E-state index >= 15 is 0 Å². The van der Waals surface area contributed by atoms with Crippen molar-refractivity contribution in [1.29, 1.82) is 0 Å². The van der Waals surface area contributed by atoms with Crippen molar-refractivity contribution in [3.63, 3.8) is 0 Å². The van der Waals surface area contributed by atoms with Crippen LogP contribution in [0.25, 0.3) is 0 Å². The van der Waals surface area contributed by atoms with Crippen molar-refractivity contribution in [3.05, 3.63) is 21.9 Å². The molecule has 4 nitrogen and oxygen atoms in total. The van der Waals surface area contributed by atoms with E-state index in [0.29, 0.717) is 9.75 Å². The number of hydroxylamine groups is 1. The lowest BCUT2D eigenvalue weighted by molar-refractivity contribution is -0.190. The van der Waals surface area contributed by atoms with E-state index in [4.69, 9.17) is 5.11 Å². The van der Waals surface area contributed by atoms with E-state index in [-0.39, 0.29) is 13.0 Å². The van der Waals surface area contributed by atoms with Crippen molar-refractivity contribution in [3.8, 4) is 0 Å². The first kappa shape index (κ1) is 13.9. The molecule has 1 aromatic heterocycles. The molecular formula is C9H10F3NO3S. The summed E-state index contributed by atoms with van der Waals surface area (Å²) in [4.78, 5) is 16.0. The third-order valence-electron chi connectivity index (χ3n) is 1.63. The van der Waals surface area contributed by atoms with E-state index in [1.807, 2.05) is 0 Å². The minimum atomic E-state index is -4.36. The van der Waals surface area contributed by atoms with Crippen LogP contribution in [0.2, 0.25) is 0 Å². The summed E-state index contributed by atoms with van der Waals surface area (Å²) in [6.07, 6.45) is -4.45. The van der Waals surface area contributed by atoms with Crippen molar-refractivity contribution < 1.29 is 27.9 Å². The lowest BCUT2D eigenvalue weighted by Gasteiger charge is -2.07. The third-order valence-corrected chi connectivity index (χ3v) is 2.71. The lowest BCUT2D eigenvalue weighted by atomic mass is 10.3. The second-order valence-corrected chi connectivity index (χ2v) is 4.42. The number of carboxylic acid groups (broad SMARTS) is 1. The topological polar surface area (TPSA) is 58.6 Å². The first-order valence-electron chi connectivity index (χ1n) is 4.57. The Hall–Kier alpha value is -1.12. The van der Waals surface area contributed by atoms with Gasteiger partial charge >= 0.3 is 12.1 Å². The summed E-state index contributed by atoms with van der Waals surface area (Å²) in [7, 11) is 0. The van der Waals surface area contributed by atoms with Crippen LogP contribution in [0.4, 0.5) is 13.2 Å². The normalized spacial score (nSPS) is 11.7. The number of hydrogen-bond acceptors (Lipinski definition) is 4. The Labute approximate surface area is 99.0 Å². The Kier molecular flexibility index (Phi) is 4.91. The highest BCUT2D eigenvalue weighted by Crippen LogP contribution is 2.17. The molecule has 0 unspecified atom stereocenters. The molecule has 0 amide bonds. The van der Waals surface area contributed by atoms with Gasteiger partial charge in [0.2, 0.25) is 0 Å². The molecule has 0 aliphatic heterocycles. The monoisotopic (exact) mass is 269 g/mol. The number of carboxylic acids is 1. The van der Waals surface area contributed by atoms with Gasteiger partial charge in [-0.2, -0.15) is 18.7 Å². The molecule has 0 radical (unpaired) electrons. The summed E-state index contributed by atoms with van der Waals surface area (Å²) < 4.78 is 35.1. The van der Waals surface area contributed by atoms with Crippen LogP contribution in [0.3, 0.4) is 0 Å². The van der Waals surface area contributed by atoms with Gasteiger partial charge < -0.3 is 5.11 Å². The van der Waals surface area contributed by atoms with Crippen LogP contribution in [0.5, 0.6) is 0 Å². The van der Waals surface area contributed by atoms with Crippen LogP contribution in [-0.4, -0.2) is 23.9 Å². The zero-order valence-electron chi connectivity index (χ0n) is 8.58. The van der Waals surface area contributed by atoms with E-state index in [2.05, 4.69) is 10.3 Å². The van der Waals surface area contributed by atoms with Gasteiger partial charge in [-0.15, -0.1) is 11.3 Å². The Morgan fingerprint density at radius 3 is 2.65 bits per heavy atom. The summed E-state index contributed by atoms with van der Waals surface area (Å²) >= 11 is 1.21. The lowest BCUT2D eigenvalue weighted by Crippen LogP contribution is -2.24. The molecule has 0 spiro atoms. The molecule has 17 heavy (non-hydrogen) atoms. The molecule has 0 bridgehead atoms. The summed E-state index contributed by atoms with van der Waals surface area (Å²) in [6.45, 7) is -1.25. The van der Waals surface area contributed by atoms with Crippen molar-refractivity contribution in [2.24, 2.45) is 0 Å². The maximum atomic E-state index is 11.7. The summed E-state index contributed by atoms with van der Waals surface area (Å²) in [5.41, 5.74) is 2.17. The average molecular weight is 269 g/mol. The zero-order valence-corrected chi connectivity index (χ0v) is 9.40. The Morgan fingerprint density at radius 1 is 1.41 bits per heavy atom. The molecule has 1 heterocycles. The van der Waals surface area contributed by atoms with E-state index in [1.165, 1.54) is 11.3 Å². The van der Waals surface area contributed by atoms with Crippen LogP contribution in [0, 0.1) is 0 Å². The van der Waals surface area contributed by atoms with E-state index in [0.717, 1.165) is 0 Å². The fourth-order valence-electron chi connectivity index (χ4n) is 1.02. The molecule has 1 aromatic rings. The second-order valence-electron chi connectivity index (χ2n) is 3.16. The number of halogens is 3. The predicted octanol–water partition coefficient (Wildman–Crippen LogP) is 1.96. The van der Waals surface area contributed by atoms with Gasteiger partial charge in [-0.1, -0.05) is 0 Å². The zero-order chi connectivity index (χ0) is 12.9. The number of carbonyl (C=O) groups is 1. The fraction of sp³-hybridized carbons (Fsp3) is 0.444. The van der Waals surface area contributed by atoms with Gasteiger partial charge in [0.15, 0.2) is 6.61 Å². The van der Waals surface area contributed by atoms with Crippen LogP contribution in [-0.2, 0) is 22.6 Å². The van der Waals surface area contributed by atoms with Gasteiger partial charge in [0, 0.05) is 9.75 Å². The first-order chi connectivity index (χ1) is 7.87. The molecule has 96 valence electrons. The number of aliphatic carboxylic acids is 1.